The van der Waals surface area contributed by atoms with Crippen LogP contribution in [0.5, 0.6) is 0 Å². The molecule has 0 heterocycles. The summed E-state index contributed by atoms with van der Waals surface area (Å²) in [4.78, 5) is 13.8. The van der Waals surface area contributed by atoms with Crippen LogP contribution in [0.2, 0.25) is 0 Å². The molecule has 0 unspecified atom stereocenters. The number of nitrogens with one attached hydrogen (secondary N) is 1. The number of hydrogen-bond donors (Lipinski definition) is 2. The van der Waals surface area contributed by atoms with Crippen LogP contribution in [-0.4, -0.2) is 17.9 Å². The van der Waals surface area contributed by atoms with Gasteiger partial charge in [0.25, 0.3) is 5.91 Å². The van der Waals surface area contributed by atoms with Crippen molar-refractivity contribution in [3.63, 3.8) is 0 Å². The highest BCUT2D eigenvalue weighted by molar-refractivity contribution is 5.94. The zero-order valence-corrected chi connectivity index (χ0v) is 11.1. The average molecular weight is 273 g/mol. The maximum Gasteiger partial charge on any atom is 0.253 e. The molecule has 0 aliphatic carbocycles. The number of amides is 1. The van der Waals surface area contributed by atoms with Crippen LogP contribution in [0.4, 0.5) is 10.1 Å². The molecule has 0 bridgehead atoms. The highest BCUT2D eigenvalue weighted by atomic mass is 19.1. The van der Waals surface area contributed by atoms with Crippen molar-refractivity contribution < 1.29 is 9.18 Å². The number of carbonyl (C=O) groups is 1. The molecule has 3 N–H and O–H groups in total. The molecule has 2 aromatic rings. The minimum Gasteiger partial charge on any atom is -0.337 e. The van der Waals surface area contributed by atoms with Crippen LogP contribution in [0.1, 0.15) is 15.9 Å². The van der Waals surface area contributed by atoms with Crippen molar-refractivity contribution in [3.8, 4) is 0 Å². The van der Waals surface area contributed by atoms with E-state index in [0.717, 1.165) is 11.3 Å². The third-order valence-corrected chi connectivity index (χ3v) is 2.98. The molecular formula is C15H16FN3O. The van der Waals surface area contributed by atoms with E-state index < -0.39 is 0 Å². The van der Waals surface area contributed by atoms with Gasteiger partial charge in [0, 0.05) is 24.8 Å². The summed E-state index contributed by atoms with van der Waals surface area (Å²) in [6.07, 6.45) is 0. The number of carbonyl (C=O) groups excluding carboxylic acids is 1. The van der Waals surface area contributed by atoms with Gasteiger partial charge in [-0.2, -0.15) is 0 Å². The molecule has 0 aromatic heterocycles. The van der Waals surface area contributed by atoms with E-state index >= 15 is 0 Å². The second-order valence-electron chi connectivity index (χ2n) is 4.51. The van der Waals surface area contributed by atoms with Gasteiger partial charge >= 0.3 is 0 Å². The Bertz CT molecular complexity index is 581. The first kappa shape index (κ1) is 14.0. The number of nitrogen functional groups attached to an aromatic ring is 1. The number of benzene rings is 2. The van der Waals surface area contributed by atoms with Gasteiger partial charge in [-0.15, -0.1) is 0 Å². The molecule has 0 radical (unpaired) electrons. The summed E-state index contributed by atoms with van der Waals surface area (Å²) in [5.41, 5.74) is 4.70. The first-order valence-corrected chi connectivity index (χ1v) is 6.17. The van der Waals surface area contributed by atoms with Crippen LogP contribution < -0.4 is 11.3 Å². The highest BCUT2D eigenvalue weighted by Crippen LogP contribution is 2.12. The minimum atomic E-state index is -0.285. The fourth-order valence-electron chi connectivity index (χ4n) is 1.86. The highest BCUT2D eigenvalue weighted by Gasteiger charge is 2.11. The Labute approximate surface area is 117 Å². The second kappa shape index (κ2) is 6.16. The van der Waals surface area contributed by atoms with Crippen LogP contribution in [0.25, 0.3) is 0 Å². The van der Waals surface area contributed by atoms with E-state index in [9.17, 15) is 9.18 Å². The Morgan fingerprint density at radius 1 is 1.15 bits per heavy atom. The van der Waals surface area contributed by atoms with E-state index in [1.165, 1.54) is 12.1 Å². The smallest absolute Gasteiger partial charge is 0.253 e. The summed E-state index contributed by atoms with van der Waals surface area (Å²) >= 11 is 0. The third-order valence-electron chi connectivity index (χ3n) is 2.98. The third kappa shape index (κ3) is 3.33. The maximum absolute atomic E-state index is 12.8. The Balaban J connectivity index is 2.05. The van der Waals surface area contributed by atoms with Crippen molar-refractivity contribution in [3.05, 3.63) is 65.5 Å². The molecule has 0 atom stereocenters. The van der Waals surface area contributed by atoms with E-state index in [4.69, 9.17) is 5.84 Å². The standard InChI is InChI=1S/C15H16FN3O/c1-19(10-11-2-6-13(16)7-3-11)15(20)12-4-8-14(18-17)9-5-12/h2-9,18H,10,17H2,1H3. The van der Waals surface area contributed by atoms with Crippen LogP contribution in [0, 0.1) is 5.82 Å². The molecule has 5 heteroatoms. The number of nitrogens with two attached hydrogens (primary N) is 1. The number of halogens is 1. The van der Waals surface area contributed by atoms with E-state index in [-0.39, 0.29) is 11.7 Å². The number of rotatable bonds is 4. The number of hydrogen-bond acceptors (Lipinski definition) is 3. The normalized spacial score (nSPS) is 10.2. The zero-order valence-electron chi connectivity index (χ0n) is 11.1. The molecule has 0 saturated heterocycles. The van der Waals surface area contributed by atoms with Gasteiger partial charge in [0.1, 0.15) is 5.82 Å². The van der Waals surface area contributed by atoms with Gasteiger partial charge in [-0.1, -0.05) is 12.1 Å². The Morgan fingerprint density at radius 3 is 2.30 bits per heavy atom. The predicted molar refractivity (Wildman–Crippen MR) is 76.4 cm³/mol. The van der Waals surface area contributed by atoms with Gasteiger partial charge in [0.15, 0.2) is 0 Å². The van der Waals surface area contributed by atoms with Gasteiger partial charge in [-0.3, -0.25) is 10.6 Å². The SMILES string of the molecule is CN(Cc1ccc(F)cc1)C(=O)c1ccc(NN)cc1. The first-order chi connectivity index (χ1) is 9.60. The Morgan fingerprint density at radius 2 is 1.75 bits per heavy atom. The van der Waals surface area contributed by atoms with Crippen molar-refractivity contribution >= 4 is 11.6 Å². The van der Waals surface area contributed by atoms with Gasteiger partial charge in [-0.05, 0) is 42.0 Å². The van der Waals surface area contributed by atoms with Crippen molar-refractivity contribution in [2.45, 2.75) is 6.54 Å². The van der Waals surface area contributed by atoms with E-state index in [1.54, 1.807) is 48.3 Å². The fraction of sp³-hybridized carbons (Fsp3) is 0.133. The fourth-order valence-corrected chi connectivity index (χ4v) is 1.86. The molecule has 0 saturated carbocycles. The summed E-state index contributed by atoms with van der Waals surface area (Å²) in [5.74, 6) is 4.89. The molecule has 1 amide bonds. The molecule has 0 aliphatic heterocycles. The number of hydrazine groups is 1. The largest absolute Gasteiger partial charge is 0.337 e. The lowest BCUT2D eigenvalue weighted by Gasteiger charge is -2.17. The molecule has 20 heavy (non-hydrogen) atoms. The molecule has 4 nitrogen and oxygen atoms in total. The molecule has 104 valence electrons. The molecule has 0 spiro atoms. The first-order valence-electron chi connectivity index (χ1n) is 6.17. The lowest BCUT2D eigenvalue weighted by atomic mass is 10.1. The molecule has 0 aliphatic rings. The molecule has 2 aromatic carbocycles. The molecular weight excluding hydrogens is 257 g/mol. The Kier molecular flexibility index (Phi) is 4.32. The molecule has 2 rings (SSSR count). The molecule has 0 fully saturated rings. The number of nitrogens with zero attached hydrogens (tertiary/aromatic N) is 1. The van der Waals surface area contributed by atoms with Crippen LogP contribution in [0.15, 0.2) is 48.5 Å². The average Bonchev–Trinajstić information content (AvgIpc) is 2.49. The maximum atomic E-state index is 12.8. The van der Waals surface area contributed by atoms with Gasteiger partial charge < -0.3 is 10.3 Å². The van der Waals surface area contributed by atoms with Crippen molar-refractivity contribution in [1.82, 2.24) is 4.90 Å². The number of anilines is 1. The van der Waals surface area contributed by atoms with Crippen LogP contribution >= 0.6 is 0 Å². The summed E-state index contributed by atoms with van der Waals surface area (Å²) < 4.78 is 12.8. The van der Waals surface area contributed by atoms with Crippen molar-refractivity contribution in [2.24, 2.45) is 5.84 Å². The summed E-state index contributed by atoms with van der Waals surface area (Å²) in [6.45, 7) is 0.427. The van der Waals surface area contributed by atoms with E-state index in [1.807, 2.05) is 0 Å². The predicted octanol–water partition coefficient (Wildman–Crippen LogP) is 2.38. The second-order valence-corrected chi connectivity index (χ2v) is 4.51. The van der Waals surface area contributed by atoms with Gasteiger partial charge in [-0.25, -0.2) is 4.39 Å². The van der Waals surface area contributed by atoms with E-state index in [0.29, 0.717) is 12.1 Å². The zero-order chi connectivity index (χ0) is 14.5. The van der Waals surface area contributed by atoms with E-state index in [2.05, 4.69) is 5.43 Å². The van der Waals surface area contributed by atoms with Crippen LogP contribution in [0.3, 0.4) is 0 Å². The van der Waals surface area contributed by atoms with Crippen molar-refractivity contribution in [1.29, 1.82) is 0 Å². The lowest BCUT2D eigenvalue weighted by Crippen LogP contribution is -2.26. The van der Waals surface area contributed by atoms with Crippen molar-refractivity contribution in [2.75, 3.05) is 12.5 Å². The summed E-state index contributed by atoms with van der Waals surface area (Å²) in [5, 5.41) is 0. The Hall–Kier alpha value is -2.40. The lowest BCUT2D eigenvalue weighted by molar-refractivity contribution is 0.0785. The quantitative estimate of drug-likeness (QED) is 0.664. The van der Waals surface area contributed by atoms with Gasteiger partial charge in [0.05, 0.1) is 0 Å². The summed E-state index contributed by atoms with van der Waals surface area (Å²) in [7, 11) is 1.71. The van der Waals surface area contributed by atoms with Crippen LogP contribution in [-0.2, 0) is 6.54 Å². The van der Waals surface area contributed by atoms with Gasteiger partial charge in [0.2, 0.25) is 0 Å². The topological polar surface area (TPSA) is 58.4 Å². The minimum absolute atomic E-state index is 0.0992. The summed E-state index contributed by atoms with van der Waals surface area (Å²) in [6, 6.07) is 13.0. The monoisotopic (exact) mass is 273 g/mol.